The van der Waals surface area contributed by atoms with Crippen molar-refractivity contribution in [1.82, 2.24) is 4.98 Å². The second-order valence-corrected chi connectivity index (χ2v) is 3.70. The number of pyridine rings is 1. The van der Waals surface area contributed by atoms with Crippen LogP contribution in [0.4, 0.5) is 4.39 Å². The molecular formula is C13H12FNO2. The lowest BCUT2D eigenvalue weighted by Crippen LogP contribution is -1.98. The first-order valence-corrected chi connectivity index (χ1v) is 5.17. The second kappa shape index (κ2) is 4.82. The summed E-state index contributed by atoms with van der Waals surface area (Å²) >= 11 is 0. The molecule has 0 saturated carbocycles. The van der Waals surface area contributed by atoms with E-state index in [2.05, 4.69) is 4.98 Å². The molecule has 17 heavy (non-hydrogen) atoms. The molecule has 3 nitrogen and oxygen atoms in total. The van der Waals surface area contributed by atoms with Crippen molar-refractivity contribution in [2.45, 2.75) is 13.5 Å². The van der Waals surface area contributed by atoms with Gasteiger partial charge in [0, 0.05) is 17.3 Å². The van der Waals surface area contributed by atoms with Gasteiger partial charge < -0.3 is 9.84 Å². The van der Waals surface area contributed by atoms with Crippen molar-refractivity contribution < 1.29 is 14.2 Å². The van der Waals surface area contributed by atoms with Crippen molar-refractivity contribution in [2.75, 3.05) is 0 Å². The summed E-state index contributed by atoms with van der Waals surface area (Å²) in [5, 5.41) is 9.49. The molecule has 2 aromatic rings. The van der Waals surface area contributed by atoms with Gasteiger partial charge in [-0.1, -0.05) is 6.07 Å². The van der Waals surface area contributed by atoms with Gasteiger partial charge in [-0.3, -0.25) is 4.98 Å². The zero-order valence-corrected chi connectivity index (χ0v) is 9.35. The van der Waals surface area contributed by atoms with Gasteiger partial charge in [-0.2, -0.15) is 0 Å². The monoisotopic (exact) mass is 233 g/mol. The van der Waals surface area contributed by atoms with E-state index in [1.807, 2.05) is 0 Å². The summed E-state index contributed by atoms with van der Waals surface area (Å²) in [7, 11) is 0. The van der Waals surface area contributed by atoms with E-state index in [-0.39, 0.29) is 12.4 Å². The van der Waals surface area contributed by atoms with E-state index >= 15 is 0 Å². The Morgan fingerprint density at radius 2 is 2.18 bits per heavy atom. The molecule has 1 N–H and O–H groups in total. The van der Waals surface area contributed by atoms with Crippen molar-refractivity contribution in [3.63, 3.8) is 0 Å². The predicted octanol–water partition coefficient (Wildman–Crippen LogP) is 2.81. The maximum absolute atomic E-state index is 12.9. The number of phenols is 1. The number of halogens is 1. The molecule has 0 bridgehead atoms. The quantitative estimate of drug-likeness (QED) is 0.886. The third-order valence-corrected chi connectivity index (χ3v) is 2.41. The lowest BCUT2D eigenvalue weighted by molar-refractivity contribution is 0.300. The molecular weight excluding hydrogens is 221 g/mol. The van der Waals surface area contributed by atoms with Gasteiger partial charge in [-0.15, -0.1) is 0 Å². The van der Waals surface area contributed by atoms with Crippen LogP contribution in [0.25, 0.3) is 0 Å². The summed E-state index contributed by atoms with van der Waals surface area (Å²) in [6, 6.07) is 6.40. The molecule has 0 atom stereocenters. The van der Waals surface area contributed by atoms with Crippen LogP contribution in [0.5, 0.6) is 11.5 Å². The van der Waals surface area contributed by atoms with Crippen molar-refractivity contribution in [3.05, 3.63) is 53.6 Å². The van der Waals surface area contributed by atoms with E-state index in [9.17, 15) is 9.50 Å². The molecule has 88 valence electrons. The highest BCUT2D eigenvalue weighted by atomic mass is 19.1. The van der Waals surface area contributed by atoms with Gasteiger partial charge in [0.2, 0.25) is 0 Å². The van der Waals surface area contributed by atoms with Gasteiger partial charge in [0.15, 0.2) is 0 Å². The number of phenolic OH excluding ortho intramolecular Hbond substituents is 1. The number of rotatable bonds is 3. The molecule has 0 aliphatic carbocycles. The minimum Gasteiger partial charge on any atom is -0.508 e. The van der Waals surface area contributed by atoms with Crippen LogP contribution in [0, 0.1) is 12.7 Å². The molecule has 0 radical (unpaired) electrons. The second-order valence-electron chi connectivity index (χ2n) is 3.70. The topological polar surface area (TPSA) is 42.4 Å². The summed E-state index contributed by atoms with van der Waals surface area (Å²) in [6.45, 7) is 1.98. The zero-order chi connectivity index (χ0) is 12.3. The van der Waals surface area contributed by atoms with Gasteiger partial charge in [-0.25, -0.2) is 4.39 Å². The third-order valence-electron chi connectivity index (χ3n) is 2.41. The highest BCUT2D eigenvalue weighted by molar-refractivity contribution is 5.42. The van der Waals surface area contributed by atoms with Crippen LogP contribution in [-0.2, 0) is 6.61 Å². The zero-order valence-electron chi connectivity index (χ0n) is 9.35. The van der Waals surface area contributed by atoms with Crippen molar-refractivity contribution in [1.29, 1.82) is 0 Å². The fourth-order valence-corrected chi connectivity index (χ4v) is 1.46. The van der Waals surface area contributed by atoms with Crippen LogP contribution in [0.2, 0.25) is 0 Å². The smallest absolute Gasteiger partial charge is 0.141 e. The Labute approximate surface area is 98.5 Å². The van der Waals surface area contributed by atoms with Crippen LogP contribution in [-0.4, -0.2) is 10.1 Å². The summed E-state index contributed by atoms with van der Waals surface area (Å²) in [5.41, 5.74) is 1.31. The molecule has 0 spiro atoms. The molecule has 1 aromatic carbocycles. The fourth-order valence-electron chi connectivity index (χ4n) is 1.46. The maximum Gasteiger partial charge on any atom is 0.141 e. The average Bonchev–Trinajstić information content (AvgIpc) is 2.31. The van der Waals surface area contributed by atoms with Gasteiger partial charge >= 0.3 is 0 Å². The van der Waals surface area contributed by atoms with Crippen LogP contribution in [0.3, 0.4) is 0 Å². The van der Waals surface area contributed by atoms with Gasteiger partial charge in [0.1, 0.15) is 23.9 Å². The van der Waals surface area contributed by atoms with E-state index in [4.69, 9.17) is 4.74 Å². The van der Waals surface area contributed by atoms with Gasteiger partial charge in [0.05, 0.1) is 6.20 Å². The predicted molar refractivity (Wildman–Crippen MR) is 61.4 cm³/mol. The van der Waals surface area contributed by atoms with Crippen LogP contribution in [0.15, 0.2) is 36.7 Å². The van der Waals surface area contributed by atoms with Crippen LogP contribution in [0.1, 0.15) is 11.1 Å². The first kappa shape index (κ1) is 11.4. The molecule has 0 aliphatic heterocycles. The molecule has 0 amide bonds. The number of aromatic hydroxyl groups is 1. The number of benzene rings is 1. The summed E-state index contributed by atoms with van der Waals surface area (Å²) in [4.78, 5) is 3.73. The normalized spacial score (nSPS) is 10.2. The van der Waals surface area contributed by atoms with E-state index in [0.29, 0.717) is 16.9 Å². The summed E-state index contributed by atoms with van der Waals surface area (Å²) < 4.78 is 18.4. The number of hydrogen-bond donors (Lipinski definition) is 1. The Bertz CT molecular complexity index is 529. The lowest BCUT2D eigenvalue weighted by Gasteiger charge is -2.09. The third kappa shape index (κ3) is 2.72. The van der Waals surface area contributed by atoms with Crippen molar-refractivity contribution in [3.8, 4) is 11.5 Å². The number of hydrogen-bond acceptors (Lipinski definition) is 3. The van der Waals surface area contributed by atoms with Crippen LogP contribution >= 0.6 is 0 Å². The van der Waals surface area contributed by atoms with E-state index in [1.54, 1.807) is 31.3 Å². The summed E-state index contributed by atoms with van der Waals surface area (Å²) in [5.74, 6) is 0.368. The van der Waals surface area contributed by atoms with E-state index in [0.717, 1.165) is 6.20 Å². The Hall–Kier alpha value is -2.10. The fraction of sp³-hybridized carbons (Fsp3) is 0.154. The minimum absolute atomic E-state index is 0.180. The molecule has 2 rings (SSSR count). The number of ether oxygens (including phenoxy) is 1. The van der Waals surface area contributed by atoms with E-state index in [1.165, 1.54) is 6.07 Å². The number of aromatic nitrogens is 1. The van der Waals surface area contributed by atoms with Crippen molar-refractivity contribution >= 4 is 0 Å². The molecule has 0 fully saturated rings. The Morgan fingerprint density at radius 1 is 1.35 bits per heavy atom. The Morgan fingerprint density at radius 3 is 2.94 bits per heavy atom. The highest BCUT2D eigenvalue weighted by Gasteiger charge is 2.04. The lowest BCUT2D eigenvalue weighted by atomic mass is 10.2. The molecule has 1 aromatic heterocycles. The van der Waals surface area contributed by atoms with Crippen molar-refractivity contribution in [2.24, 2.45) is 0 Å². The largest absolute Gasteiger partial charge is 0.508 e. The maximum atomic E-state index is 12.9. The Kier molecular flexibility index (Phi) is 3.23. The average molecular weight is 233 g/mol. The van der Waals surface area contributed by atoms with E-state index < -0.39 is 5.82 Å². The molecule has 0 saturated heterocycles. The van der Waals surface area contributed by atoms with Gasteiger partial charge in [-0.05, 0) is 25.1 Å². The highest BCUT2D eigenvalue weighted by Crippen LogP contribution is 2.26. The van der Waals surface area contributed by atoms with Crippen LogP contribution < -0.4 is 4.74 Å². The van der Waals surface area contributed by atoms with Gasteiger partial charge in [0.25, 0.3) is 0 Å². The molecule has 0 aliphatic rings. The first-order valence-electron chi connectivity index (χ1n) is 5.17. The molecule has 1 heterocycles. The summed E-state index contributed by atoms with van der Waals surface area (Å²) in [6.07, 6.45) is 2.68. The standard InChI is InChI=1S/C13H12FNO2/c1-9-12(16)3-2-4-13(9)17-8-10-5-11(14)7-15-6-10/h2-7,16H,8H2,1H3. The minimum atomic E-state index is -0.390. The molecule has 0 unspecified atom stereocenters. The SMILES string of the molecule is Cc1c(O)cccc1OCc1cncc(F)c1. The Balaban J connectivity index is 2.10. The molecule has 4 heteroatoms. The first-order chi connectivity index (χ1) is 8.16. The number of nitrogens with zero attached hydrogens (tertiary/aromatic N) is 1.